The second-order valence-electron chi connectivity index (χ2n) is 2.90. The molecule has 0 aliphatic rings. The lowest BCUT2D eigenvalue weighted by Gasteiger charge is -2.12. The molecule has 7 heteroatoms. The summed E-state index contributed by atoms with van der Waals surface area (Å²) in [6.07, 6.45) is 2.99. The second kappa shape index (κ2) is 5.11. The number of carboxylic acid groups (broad SMARTS) is 1. The smallest absolute Gasteiger partial charge is 0.326 e. The molecular weight excluding hydrogens is 202 g/mol. The van der Waals surface area contributed by atoms with Crippen LogP contribution in [0.4, 0.5) is 0 Å². The maximum absolute atomic E-state index is 10.8. The molecule has 82 valence electrons. The van der Waals surface area contributed by atoms with E-state index >= 15 is 0 Å². The Bertz CT molecular complexity index is 336. The van der Waals surface area contributed by atoms with Gasteiger partial charge in [-0.05, 0) is 0 Å². The summed E-state index contributed by atoms with van der Waals surface area (Å²) >= 11 is 0. The van der Waals surface area contributed by atoms with Gasteiger partial charge in [0, 0.05) is 18.3 Å². The molecule has 0 radical (unpaired) electrons. The quantitative estimate of drug-likeness (QED) is 0.476. The van der Waals surface area contributed by atoms with Gasteiger partial charge in [-0.3, -0.25) is 4.79 Å². The van der Waals surface area contributed by atoms with Crippen molar-refractivity contribution in [2.24, 2.45) is 0 Å². The first-order valence-electron chi connectivity index (χ1n) is 4.23. The standard InChI is InChI=1S/C8H11N3O4/c12-3-7(13)11-6(8(14)15)1-5-2-9-4-10-5/h2,4,6,12H,1,3H2,(H,9,10)(H,11,13)(H,14,15). The first-order valence-corrected chi connectivity index (χ1v) is 4.23. The molecule has 0 aromatic carbocycles. The lowest BCUT2D eigenvalue weighted by Crippen LogP contribution is -2.43. The average Bonchev–Trinajstić information content (AvgIpc) is 2.69. The molecule has 0 spiro atoms. The van der Waals surface area contributed by atoms with Gasteiger partial charge in [0.25, 0.3) is 0 Å². The maximum Gasteiger partial charge on any atom is 0.326 e. The van der Waals surface area contributed by atoms with E-state index in [0.29, 0.717) is 5.69 Å². The summed E-state index contributed by atoms with van der Waals surface area (Å²) in [5.41, 5.74) is 0.598. The molecule has 1 aromatic rings. The number of carbonyl (C=O) groups excluding carboxylic acids is 1. The number of aliphatic hydroxyl groups is 1. The number of aliphatic hydroxyl groups excluding tert-OH is 1. The molecule has 1 amide bonds. The molecule has 1 aromatic heterocycles. The zero-order chi connectivity index (χ0) is 11.3. The zero-order valence-electron chi connectivity index (χ0n) is 7.80. The number of aromatic nitrogens is 2. The summed E-state index contributed by atoms with van der Waals surface area (Å²) in [7, 11) is 0. The van der Waals surface area contributed by atoms with Gasteiger partial charge >= 0.3 is 5.97 Å². The molecule has 0 bridgehead atoms. The third-order valence-electron chi connectivity index (χ3n) is 1.76. The highest BCUT2D eigenvalue weighted by molar-refractivity contribution is 5.84. The van der Waals surface area contributed by atoms with Crippen molar-refractivity contribution in [3.63, 3.8) is 0 Å². The van der Waals surface area contributed by atoms with Crippen molar-refractivity contribution in [3.8, 4) is 0 Å². The predicted molar refractivity (Wildman–Crippen MR) is 48.9 cm³/mol. The van der Waals surface area contributed by atoms with Crippen molar-refractivity contribution < 1.29 is 19.8 Å². The Hall–Kier alpha value is -1.89. The van der Waals surface area contributed by atoms with Crippen LogP contribution in [0.25, 0.3) is 0 Å². The number of hydrogen-bond donors (Lipinski definition) is 4. The van der Waals surface area contributed by atoms with E-state index in [0.717, 1.165) is 0 Å². The van der Waals surface area contributed by atoms with Gasteiger partial charge in [0.1, 0.15) is 12.6 Å². The maximum atomic E-state index is 10.8. The van der Waals surface area contributed by atoms with Gasteiger partial charge in [0.15, 0.2) is 0 Å². The van der Waals surface area contributed by atoms with E-state index < -0.39 is 24.5 Å². The van der Waals surface area contributed by atoms with Crippen molar-refractivity contribution in [2.75, 3.05) is 6.61 Å². The molecule has 0 aliphatic heterocycles. The molecule has 1 rings (SSSR count). The summed E-state index contributed by atoms with van der Waals surface area (Å²) in [6, 6.07) is -1.06. The topological polar surface area (TPSA) is 115 Å². The molecule has 15 heavy (non-hydrogen) atoms. The van der Waals surface area contributed by atoms with E-state index in [1.165, 1.54) is 12.5 Å². The number of carboxylic acids is 1. The van der Waals surface area contributed by atoms with Crippen LogP contribution in [0, 0.1) is 0 Å². The lowest BCUT2D eigenvalue weighted by molar-refractivity contribution is -0.142. The van der Waals surface area contributed by atoms with Crippen LogP contribution in [-0.2, 0) is 16.0 Å². The molecular formula is C8H11N3O4. The van der Waals surface area contributed by atoms with Crippen LogP contribution < -0.4 is 5.32 Å². The molecule has 0 aliphatic carbocycles. The van der Waals surface area contributed by atoms with Gasteiger partial charge < -0.3 is 20.5 Å². The Morgan fingerprint density at radius 2 is 2.33 bits per heavy atom. The van der Waals surface area contributed by atoms with Gasteiger partial charge in [-0.15, -0.1) is 0 Å². The highest BCUT2D eigenvalue weighted by atomic mass is 16.4. The van der Waals surface area contributed by atoms with Gasteiger partial charge in [-0.2, -0.15) is 0 Å². The molecule has 4 N–H and O–H groups in total. The normalized spacial score (nSPS) is 12.1. The van der Waals surface area contributed by atoms with Crippen molar-refractivity contribution >= 4 is 11.9 Å². The number of nitrogens with zero attached hydrogens (tertiary/aromatic N) is 1. The van der Waals surface area contributed by atoms with Gasteiger partial charge in [0.2, 0.25) is 5.91 Å². The van der Waals surface area contributed by atoms with E-state index in [1.807, 2.05) is 0 Å². The lowest BCUT2D eigenvalue weighted by atomic mass is 10.1. The van der Waals surface area contributed by atoms with Crippen LogP contribution >= 0.6 is 0 Å². The number of aliphatic carboxylic acids is 1. The van der Waals surface area contributed by atoms with Crippen LogP contribution in [0.1, 0.15) is 5.69 Å². The number of nitrogens with one attached hydrogen (secondary N) is 2. The van der Waals surface area contributed by atoms with E-state index in [4.69, 9.17) is 10.2 Å². The Kier molecular flexibility index (Phi) is 3.81. The zero-order valence-corrected chi connectivity index (χ0v) is 7.80. The minimum Gasteiger partial charge on any atom is -0.480 e. The molecule has 0 saturated carbocycles. The summed E-state index contributed by atoms with van der Waals surface area (Å²) < 4.78 is 0. The molecule has 1 unspecified atom stereocenters. The highest BCUT2D eigenvalue weighted by Gasteiger charge is 2.20. The molecule has 1 atom stereocenters. The number of aromatic amines is 1. The number of H-pyrrole nitrogens is 1. The fourth-order valence-corrected chi connectivity index (χ4v) is 1.06. The van der Waals surface area contributed by atoms with Crippen LogP contribution in [-0.4, -0.2) is 44.7 Å². The number of hydrogen-bond acceptors (Lipinski definition) is 4. The second-order valence-corrected chi connectivity index (χ2v) is 2.90. The highest BCUT2D eigenvalue weighted by Crippen LogP contribution is 1.98. The van der Waals surface area contributed by atoms with Crippen LogP contribution in [0.15, 0.2) is 12.5 Å². The van der Waals surface area contributed by atoms with Gasteiger partial charge in [-0.1, -0.05) is 0 Å². The monoisotopic (exact) mass is 213 g/mol. The molecule has 0 saturated heterocycles. The van der Waals surface area contributed by atoms with Crippen molar-refractivity contribution in [1.29, 1.82) is 0 Å². The SMILES string of the molecule is O=C(CO)NC(Cc1cnc[nH]1)C(=O)O. The van der Waals surface area contributed by atoms with Crippen molar-refractivity contribution in [1.82, 2.24) is 15.3 Å². The van der Waals surface area contributed by atoms with Crippen molar-refractivity contribution in [3.05, 3.63) is 18.2 Å². The third-order valence-corrected chi connectivity index (χ3v) is 1.76. The largest absolute Gasteiger partial charge is 0.480 e. The van der Waals surface area contributed by atoms with E-state index in [-0.39, 0.29) is 6.42 Å². The number of rotatable bonds is 5. The van der Waals surface area contributed by atoms with E-state index in [9.17, 15) is 9.59 Å². The molecule has 7 nitrogen and oxygen atoms in total. The van der Waals surface area contributed by atoms with Crippen LogP contribution in [0.3, 0.4) is 0 Å². The Morgan fingerprint density at radius 1 is 1.60 bits per heavy atom. The average molecular weight is 213 g/mol. The predicted octanol–water partition coefficient (Wildman–Crippen LogP) is -1.49. The summed E-state index contributed by atoms with van der Waals surface area (Å²) in [5.74, 6) is -1.88. The fraction of sp³-hybridized carbons (Fsp3) is 0.375. The fourth-order valence-electron chi connectivity index (χ4n) is 1.06. The summed E-state index contributed by atoms with van der Waals surface area (Å²) in [4.78, 5) is 28.0. The minimum atomic E-state index is -1.16. The molecule has 0 fully saturated rings. The first-order chi connectivity index (χ1) is 7.13. The summed E-state index contributed by atoms with van der Waals surface area (Å²) in [5, 5.41) is 19.4. The summed E-state index contributed by atoms with van der Waals surface area (Å²) in [6.45, 7) is -0.729. The minimum absolute atomic E-state index is 0.0983. The van der Waals surface area contributed by atoms with Crippen molar-refractivity contribution in [2.45, 2.75) is 12.5 Å². The molecule has 1 heterocycles. The van der Waals surface area contributed by atoms with E-state index in [1.54, 1.807) is 0 Å². The Labute approximate surface area is 85.1 Å². The Balaban J connectivity index is 2.59. The van der Waals surface area contributed by atoms with E-state index in [2.05, 4.69) is 15.3 Å². The Morgan fingerprint density at radius 3 is 2.80 bits per heavy atom. The first kappa shape index (κ1) is 11.2. The number of carbonyl (C=O) groups is 2. The third kappa shape index (κ3) is 3.39. The van der Waals surface area contributed by atoms with Crippen LogP contribution in [0.2, 0.25) is 0 Å². The van der Waals surface area contributed by atoms with Gasteiger partial charge in [-0.25, -0.2) is 9.78 Å². The number of amides is 1. The van der Waals surface area contributed by atoms with Crippen LogP contribution in [0.5, 0.6) is 0 Å². The van der Waals surface area contributed by atoms with Gasteiger partial charge in [0.05, 0.1) is 6.33 Å². The number of imidazole rings is 1.